The van der Waals surface area contributed by atoms with Gasteiger partial charge in [0.05, 0.1) is 12.7 Å². The molecule has 0 aliphatic carbocycles. The average Bonchev–Trinajstić information content (AvgIpc) is 2.72. The molecule has 2 heterocycles. The third-order valence-electron chi connectivity index (χ3n) is 4.19. The van der Waals surface area contributed by atoms with Gasteiger partial charge in [0.15, 0.2) is 0 Å². The lowest BCUT2D eigenvalue weighted by molar-refractivity contribution is -0.00526. The Morgan fingerprint density at radius 3 is 2.87 bits per heavy atom. The van der Waals surface area contributed by atoms with Gasteiger partial charge < -0.3 is 4.74 Å². The number of hydrogen-bond acceptors (Lipinski definition) is 2. The number of nitrogens with zero attached hydrogens (tertiary/aromatic N) is 1. The Balaban J connectivity index is 2.00. The van der Waals surface area contributed by atoms with Crippen molar-refractivity contribution in [3.8, 4) is 0 Å². The van der Waals surface area contributed by atoms with Gasteiger partial charge in [-0.3, -0.25) is 4.90 Å². The van der Waals surface area contributed by atoms with Crippen LogP contribution in [-0.4, -0.2) is 35.7 Å². The minimum atomic E-state index is 0.377. The number of ether oxygens (including phenoxy) is 1. The van der Waals surface area contributed by atoms with Crippen molar-refractivity contribution in [3.63, 3.8) is 0 Å². The quantitative estimate of drug-likeness (QED) is 0.709. The summed E-state index contributed by atoms with van der Waals surface area (Å²) >= 11 is 0. The molecule has 0 N–H and O–H groups in total. The van der Waals surface area contributed by atoms with E-state index in [-0.39, 0.29) is 0 Å². The minimum absolute atomic E-state index is 0.377. The van der Waals surface area contributed by atoms with E-state index in [4.69, 9.17) is 4.74 Å². The van der Waals surface area contributed by atoms with E-state index in [1.807, 2.05) is 0 Å². The van der Waals surface area contributed by atoms with Crippen molar-refractivity contribution in [1.82, 2.24) is 4.90 Å². The van der Waals surface area contributed by atoms with E-state index in [1.54, 1.807) is 0 Å². The van der Waals surface area contributed by atoms with E-state index in [2.05, 4.69) is 25.7 Å². The largest absolute Gasteiger partial charge is 0.377 e. The summed E-state index contributed by atoms with van der Waals surface area (Å²) in [6, 6.07) is 0.836. The van der Waals surface area contributed by atoms with Crippen LogP contribution < -0.4 is 0 Å². The standard InChI is InChI=1S/C13H25NO/c1-4-12-6-8-13(10-15-11(2)3)7-5-9-14(12)13/h11-12H,4-10H2,1-3H3/t12-,13+/m1/s1. The van der Waals surface area contributed by atoms with Crippen LogP contribution in [0, 0.1) is 0 Å². The number of rotatable bonds is 4. The summed E-state index contributed by atoms with van der Waals surface area (Å²) < 4.78 is 5.88. The Morgan fingerprint density at radius 2 is 2.20 bits per heavy atom. The first kappa shape index (κ1) is 11.4. The predicted molar refractivity (Wildman–Crippen MR) is 63.1 cm³/mol. The van der Waals surface area contributed by atoms with Crippen LogP contribution in [0.25, 0.3) is 0 Å². The maximum Gasteiger partial charge on any atom is 0.0654 e. The van der Waals surface area contributed by atoms with Crippen molar-refractivity contribution in [1.29, 1.82) is 0 Å². The fourth-order valence-corrected chi connectivity index (χ4v) is 3.36. The summed E-state index contributed by atoms with van der Waals surface area (Å²) in [5.74, 6) is 0. The highest BCUT2D eigenvalue weighted by Gasteiger charge is 2.48. The number of fused-ring (bicyclic) bond motifs is 1. The molecule has 0 aromatic heterocycles. The molecule has 2 heteroatoms. The summed E-state index contributed by atoms with van der Waals surface area (Å²) in [6.45, 7) is 8.87. The lowest BCUT2D eigenvalue weighted by atomic mass is 9.95. The SMILES string of the molecule is CC[C@@H]1CC[C@]2(COC(C)C)CCCN12. The van der Waals surface area contributed by atoms with Gasteiger partial charge in [-0.05, 0) is 52.5 Å². The van der Waals surface area contributed by atoms with Crippen molar-refractivity contribution in [2.45, 2.75) is 70.6 Å². The van der Waals surface area contributed by atoms with Crippen LogP contribution >= 0.6 is 0 Å². The second-order valence-corrected chi connectivity index (χ2v) is 5.48. The Morgan fingerprint density at radius 1 is 1.40 bits per heavy atom. The first-order valence-corrected chi connectivity index (χ1v) is 6.56. The zero-order valence-electron chi connectivity index (χ0n) is 10.5. The highest BCUT2D eigenvalue weighted by atomic mass is 16.5. The van der Waals surface area contributed by atoms with Crippen LogP contribution in [0.2, 0.25) is 0 Å². The lowest BCUT2D eigenvalue weighted by Gasteiger charge is -2.35. The van der Waals surface area contributed by atoms with Crippen molar-refractivity contribution in [2.75, 3.05) is 13.2 Å². The van der Waals surface area contributed by atoms with Crippen LogP contribution in [0.15, 0.2) is 0 Å². The average molecular weight is 211 g/mol. The molecular formula is C13H25NO. The smallest absolute Gasteiger partial charge is 0.0654 e. The van der Waals surface area contributed by atoms with Gasteiger partial charge in [-0.25, -0.2) is 0 Å². The maximum atomic E-state index is 5.88. The first-order chi connectivity index (χ1) is 7.18. The molecule has 2 saturated heterocycles. The van der Waals surface area contributed by atoms with Crippen molar-refractivity contribution in [2.24, 2.45) is 0 Å². The predicted octanol–water partition coefficient (Wildman–Crippen LogP) is 2.82. The summed E-state index contributed by atoms with van der Waals surface area (Å²) in [5.41, 5.74) is 0.422. The molecule has 2 aliphatic rings. The molecule has 2 aliphatic heterocycles. The molecule has 0 aromatic rings. The summed E-state index contributed by atoms with van der Waals surface area (Å²) in [4.78, 5) is 2.75. The van der Waals surface area contributed by atoms with E-state index in [9.17, 15) is 0 Å². The molecule has 2 fully saturated rings. The van der Waals surface area contributed by atoms with Gasteiger partial charge in [0.25, 0.3) is 0 Å². The highest BCUT2D eigenvalue weighted by Crippen LogP contribution is 2.43. The third kappa shape index (κ3) is 2.07. The van der Waals surface area contributed by atoms with Crippen LogP contribution in [0.1, 0.15) is 52.9 Å². The first-order valence-electron chi connectivity index (χ1n) is 6.56. The van der Waals surface area contributed by atoms with E-state index < -0.39 is 0 Å². The highest BCUT2D eigenvalue weighted by molar-refractivity contribution is 5.04. The molecule has 0 bridgehead atoms. The molecule has 0 amide bonds. The Kier molecular flexibility index (Phi) is 3.36. The molecule has 2 nitrogen and oxygen atoms in total. The zero-order valence-corrected chi connectivity index (χ0v) is 10.5. The second-order valence-electron chi connectivity index (χ2n) is 5.48. The van der Waals surface area contributed by atoms with Gasteiger partial charge in [0.2, 0.25) is 0 Å². The molecule has 0 aromatic carbocycles. The van der Waals surface area contributed by atoms with E-state index >= 15 is 0 Å². The van der Waals surface area contributed by atoms with Crippen LogP contribution in [0.5, 0.6) is 0 Å². The molecular weight excluding hydrogens is 186 g/mol. The summed E-state index contributed by atoms with van der Waals surface area (Å²) in [6.07, 6.45) is 7.16. The molecule has 0 radical (unpaired) electrons. The third-order valence-corrected chi connectivity index (χ3v) is 4.19. The fraction of sp³-hybridized carbons (Fsp3) is 1.00. The van der Waals surface area contributed by atoms with Gasteiger partial charge in [-0.15, -0.1) is 0 Å². The minimum Gasteiger partial charge on any atom is -0.377 e. The maximum absolute atomic E-state index is 5.88. The lowest BCUT2D eigenvalue weighted by Crippen LogP contribution is -2.46. The van der Waals surface area contributed by atoms with Gasteiger partial charge in [0, 0.05) is 11.6 Å². The van der Waals surface area contributed by atoms with E-state index in [1.165, 1.54) is 38.6 Å². The zero-order chi connectivity index (χ0) is 10.9. The molecule has 0 saturated carbocycles. The van der Waals surface area contributed by atoms with E-state index in [0.29, 0.717) is 11.6 Å². The monoisotopic (exact) mass is 211 g/mol. The van der Waals surface area contributed by atoms with Crippen LogP contribution in [0.4, 0.5) is 0 Å². The molecule has 0 unspecified atom stereocenters. The van der Waals surface area contributed by atoms with Crippen molar-refractivity contribution in [3.05, 3.63) is 0 Å². The van der Waals surface area contributed by atoms with Gasteiger partial charge >= 0.3 is 0 Å². The number of hydrogen-bond donors (Lipinski definition) is 0. The molecule has 88 valence electrons. The summed E-state index contributed by atoms with van der Waals surface area (Å²) in [5, 5.41) is 0. The van der Waals surface area contributed by atoms with Crippen molar-refractivity contribution < 1.29 is 4.74 Å². The molecule has 0 spiro atoms. The summed E-state index contributed by atoms with van der Waals surface area (Å²) in [7, 11) is 0. The molecule has 15 heavy (non-hydrogen) atoms. The second kappa shape index (κ2) is 4.42. The van der Waals surface area contributed by atoms with Crippen LogP contribution in [0.3, 0.4) is 0 Å². The topological polar surface area (TPSA) is 12.5 Å². The van der Waals surface area contributed by atoms with Crippen molar-refractivity contribution >= 4 is 0 Å². The van der Waals surface area contributed by atoms with E-state index in [0.717, 1.165) is 12.6 Å². The van der Waals surface area contributed by atoms with Crippen LogP contribution in [-0.2, 0) is 4.74 Å². The van der Waals surface area contributed by atoms with Gasteiger partial charge in [-0.1, -0.05) is 6.92 Å². The van der Waals surface area contributed by atoms with Gasteiger partial charge in [0.1, 0.15) is 0 Å². The Hall–Kier alpha value is -0.0800. The molecule has 2 rings (SSSR count). The fourth-order valence-electron chi connectivity index (χ4n) is 3.36. The molecule has 2 atom stereocenters. The Labute approximate surface area is 94.0 Å². The van der Waals surface area contributed by atoms with Gasteiger partial charge in [-0.2, -0.15) is 0 Å². The Bertz CT molecular complexity index is 217. The normalized spacial score (nSPS) is 36.4.